The maximum Gasteiger partial charge on any atom is 0.247 e. The molecule has 8 nitrogen and oxygen atoms in total. The predicted molar refractivity (Wildman–Crippen MR) is 163 cm³/mol. The number of carbonyl (C=O) groups is 2. The molecule has 1 aliphatic heterocycles. The highest BCUT2D eigenvalue weighted by Crippen LogP contribution is 2.27. The Morgan fingerprint density at radius 3 is 2.12 bits per heavy atom. The first-order valence-electron chi connectivity index (χ1n) is 14.5. The van der Waals surface area contributed by atoms with Crippen molar-refractivity contribution in [2.45, 2.75) is 57.0 Å². The molecule has 224 valence electrons. The van der Waals surface area contributed by atoms with Gasteiger partial charge in [0, 0.05) is 32.6 Å². The molecule has 4 rings (SSSR count). The van der Waals surface area contributed by atoms with Crippen LogP contribution in [0.5, 0.6) is 5.75 Å². The molecular weight excluding hydrogens is 550 g/mol. The molecule has 42 heavy (non-hydrogen) atoms. The third-order valence-electron chi connectivity index (χ3n) is 7.45. The quantitative estimate of drug-likeness (QED) is 0.303. The van der Waals surface area contributed by atoms with Gasteiger partial charge in [-0.2, -0.15) is 4.31 Å². The van der Waals surface area contributed by atoms with Crippen molar-refractivity contribution >= 4 is 21.8 Å². The summed E-state index contributed by atoms with van der Waals surface area (Å²) in [5, 5.41) is 3.02. The van der Waals surface area contributed by atoms with Crippen molar-refractivity contribution in [1.82, 2.24) is 14.5 Å². The largest absolute Gasteiger partial charge is 0.497 e. The Bertz CT molecular complexity index is 1420. The van der Waals surface area contributed by atoms with Gasteiger partial charge in [-0.1, -0.05) is 68.4 Å². The summed E-state index contributed by atoms with van der Waals surface area (Å²) in [6.07, 6.45) is 2.34. The van der Waals surface area contributed by atoms with Gasteiger partial charge < -0.3 is 15.0 Å². The van der Waals surface area contributed by atoms with Crippen molar-refractivity contribution in [3.63, 3.8) is 0 Å². The second kappa shape index (κ2) is 14.5. The zero-order valence-electron chi connectivity index (χ0n) is 24.7. The van der Waals surface area contributed by atoms with Crippen LogP contribution in [0.15, 0.2) is 83.8 Å². The zero-order chi connectivity index (χ0) is 30.1. The molecule has 0 unspecified atom stereocenters. The van der Waals surface area contributed by atoms with E-state index in [0.717, 1.165) is 29.5 Å². The Kier molecular flexibility index (Phi) is 10.8. The van der Waals surface area contributed by atoms with Crippen molar-refractivity contribution < 1.29 is 22.7 Å². The molecule has 3 aromatic carbocycles. The maximum atomic E-state index is 13.9. The molecule has 1 N–H and O–H groups in total. The van der Waals surface area contributed by atoms with Gasteiger partial charge in [0.15, 0.2) is 0 Å². The standard InChI is InChI=1S/C33H41N3O5S/c1-25(2)23-34-33(38)32(28-9-5-4-6-10-28)36(24-27-11-16-29(41-3)17-12-27)31(37)20-15-26-13-18-30(19-14-26)42(39,40)35-21-7-8-22-35/h4-6,9-14,16-19,25,32H,7-8,15,20-24H2,1-3H3,(H,34,38)/t32-/m0/s1. The Morgan fingerprint density at radius 2 is 1.52 bits per heavy atom. The first-order chi connectivity index (χ1) is 20.2. The van der Waals surface area contributed by atoms with Gasteiger partial charge in [-0.3, -0.25) is 9.59 Å². The minimum atomic E-state index is -3.50. The third-order valence-corrected chi connectivity index (χ3v) is 9.36. The number of rotatable bonds is 13. The number of sulfonamides is 1. The van der Waals surface area contributed by atoms with Crippen LogP contribution in [-0.4, -0.2) is 56.2 Å². The van der Waals surface area contributed by atoms with Gasteiger partial charge in [0.1, 0.15) is 11.8 Å². The van der Waals surface area contributed by atoms with E-state index in [2.05, 4.69) is 5.32 Å². The number of aryl methyl sites for hydroxylation is 1. The molecule has 0 radical (unpaired) electrons. The van der Waals surface area contributed by atoms with E-state index < -0.39 is 16.1 Å². The Labute approximate surface area is 249 Å². The van der Waals surface area contributed by atoms with E-state index in [4.69, 9.17) is 4.74 Å². The van der Waals surface area contributed by atoms with E-state index in [1.165, 1.54) is 4.31 Å². The number of benzene rings is 3. The minimum absolute atomic E-state index is 0.162. The Morgan fingerprint density at radius 1 is 0.905 bits per heavy atom. The van der Waals surface area contributed by atoms with Gasteiger partial charge in [-0.05, 0) is 66.1 Å². The van der Waals surface area contributed by atoms with Crippen LogP contribution < -0.4 is 10.1 Å². The topological polar surface area (TPSA) is 96.0 Å². The van der Waals surface area contributed by atoms with Crippen LogP contribution in [0.2, 0.25) is 0 Å². The van der Waals surface area contributed by atoms with E-state index >= 15 is 0 Å². The van der Waals surface area contributed by atoms with E-state index in [1.807, 2.05) is 68.4 Å². The first kappa shape index (κ1) is 31.3. The lowest BCUT2D eigenvalue weighted by Gasteiger charge is -2.32. The summed E-state index contributed by atoms with van der Waals surface area (Å²) in [4.78, 5) is 29.4. The van der Waals surface area contributed by atoms with Crippen molar-refractivity contribution in [3.05, 3.63) is 95.6 Å². The fourth-order valence-corrected chi connectivity index (χ4v) is 6.58. The van der Waals surface area contributed by atoms with E-state index in [9.17, 15) is 18.0 Å². The Hall–Kier alpha value is -3.69. The lowest BCUT2D eigenvalue weighted by atomic mass is 10.0. The summed E-state index contributed by atoms with van der Waals surface area (Å²) in [5.74, 6) is 0.566. The molecule has 0 aromatic heterocycles. The molecule has 1 saturated heterocycles. The third kappa shape index (κ3) is 7.98. The lowest BCUT2D eigenvalue weighted by molar-refractivity contribution is -0.141. The smallest absolute Gasteiger partial charge is 0.247 e. The van der Waals surface area contributed by atoms with Gasteiger partial charge in [0.25, 0.3) is 0 Å². The van der Waals surface area contributed by atoms with E-state index in [0.29, 0.717) is 31.8 Å². The van der Waals surface area contributed by atoms with Crippen LogP contribution in [0.4, 0.5) is 0 Å². The molecule has 1 aliphatic rings. The second-order valence-corrected chi connectivity index (χ2v) is 13.0. The maximum absolute atomic E-state index is 13.9. The number of amides is 2. The van der Waals surface area contributed by atoms with Crippen molar-refractivity contribution in [2.24, 2.45) is 5.92 Å². The molecule has 2 amide bonds. The van der Waals surface area contributed by atoms with Gasteiger partial charge in [-0.25, -0.2) is 8.42 Å². The van der Waals surface area contributed by atoms with Gasteiger partial charge in [-0.15, -0.1) is 0 Å². The number of carbonyl (C=O) groups excluding carboxylic acids is 2. The van der Waals surface area contributed by atoms with Gasteiger partial charge in [0.2, 0.25) is 21.8 Å². The molecule has 1 atom stereocenters. The molecular formula is C33H41N3O5S. The van der Waals surface area contributed by atoms with Crippen LogP contribution in [-0.2, 0) is 32.6 Å². The molecule has 9 heteroatoms. The number of hydrogen-bond donors (Lipinski definition) is 1. The van der Waals surface area contributed by atoms with E-state index in [-0.39, 0.29) is 35.6 Å². The fourth-order valence-electron chi connectivity index (χ4n) is 5.06. The summed E-state index contributed by atoms with van der Waals surface area (Å²) in [7, 11) is -1.90. The highest BCUT2D eigenvalue weighted by molar-refractivity contribution is 7.89. The monoisotopic (exact) mass is 591 g/mol. The zero-order valence-corrected chi connectivity index (χ0v) is 25.5. The van der Waals surface area contributed by atoms with Crippen molar-refractivity contribution in [3.8, 4) is 5.75 Å². The number of nitrogens with zero attached hydrogens (tertiary/aromatic N) is 2. The lowest BCUT2D eigenvalue weighted by Crippen LogP contribution is -2.44. The highest BCUT2D eigenvalue weighted by Gasteiger charge is 2.32. The van der Waals surface area contributed by atoms with Gasteiger partial charge >= 0.3 is 0 Å². The molecule has 1 heterocycles. The molecule has 0 aliphatic carbocycles. The summed E-state index contributed by atoms with van der Waals surface area (Å²) in [6, 6.07) is 22.8. The predicted octanol–water partition coefficient (Wildman–Crippen LogP) is 4.95. The summed E-state index contributed by atoms with van der Waals surface area (Å²) in [6.45, 7) is 5.90. The van der Waals surface area contributed by atoms with Crippen molar-refractivity contribution in [2.75, 3.05) is 26.7 Å². The molecule has 1 fully saturated rings. The number of ether oxygens (including phenoxy) is 1. The van der Waals surface area contributed by atoms with Crippen molar-refractivity contribution in [1.29, 1.82) is 0 Å². The molecule has 3 aromatic rings. The summed E-state index contributed by atoms with van der Waals surface area (Å²) >= 11 is 0. The summed E-state index contributed by atoms with van der Waals surface area (Å²) in [5.41, 5.74) is 2.46. The number of nitrogens with one attached hydrogen (secondary N) is 1. The van der Waals surface area contributed by atoms with Crippen LogP contribution in [0, 0.1) is 5.92 Å². The molecule has 0 spiro atoms. The average molecular weight is 592 g/mol. The average Bonchev–Trinajstić information content (AvgIpc) is 3.56. The van der Waals surface area contributed by atoms with Crippen LogP contribution in [0.3, 0.4) is 0 Å². The fraction of sp³-hybridized carbons (Fsp3) is 0.394. The number of hydrogen-bond acceptors (Lipinski definition) is 5. The minimum Gasteiger partial charge on any atom is -0.497 e. The molecule has 0 bridgehead atoms. The Balaban J connectivity index is 1.57. The first-order valence-corrected chi connectivity index (χ1v) is 16.0. The number of methoxy groups -OCH3 is 1. The van der Waals surface area contributed by atoms with Gasteiger partial charge in [0.05, 0.1) is 12.0 Å². The van der Waals surface area contributed by atoms with Crippen LogP contribution in [0.25, 0.3) is 0 Å². The second-order valence-electron chi connectivity index (χ2n) is 11.1. The summed E-state index contributed by atoms with van der Waals surface area (Å²) < 4.78 is 32.6. The normalized spacial score (nSPS) is 14.5. The molecule has 0 saturated carbocycles. The van der Waals surface area contributed by atoms with Crippen LogP contribution in [0.1, 0.15) is 55.8 Å². The SMILES string of the molecule is COc1ccc(CN(C(=O)CCc2ccc(S(=O)(=O)N3CCCC3)cc2)[C@H](C(=O)NCC(C)C)c2ccccc2)cc1. The van der Waals surface area contributed by atoms with E-state index in [1.54, 1.807) is 36.3 Å². The van der Waals surface area contributed by atoms with Crippen LogP contribution >= 0.6 is 0 Å². The highest BCUT2D eigenvalue weighted by atomic mass is 32.2.